The lowest BCUT2D eigenvalue weighted by Crippen LogP contribution is -2.47. The summed E-state index contributed by atoms with van der Waals surface area (Å²) in [6.07, 6.45) is -2.75. The highest BCUT2D eigenvalue weighted by molar-refractivity contribution is 5.80. The van der Waals surface area contributed by atoms with Crippen LogP contribution in [0.5, 0.6) is 5.75 Å². The molecule has 1 aromatic heterocycles. The minimum Gasteiger partial charge on any atom is -0.484 e. The molecule has 2 aromatic rings. The lowest BCUT2D eigenvalue weighted by Gasteiger charge is -2.25. The van der Waals surface area contributed by atoms with Gasteiger partial charge in [-0.15, -0.1) is 0 Å². The summed E-state index contributed by atoms with van der Waals surface area (Å²) >= 11 is 0. The van der Waals surface area contributed by atoms with Gasteiger partial charge in [0.25, 0.3) is 0 Å². The standard InChI is InChI=1S/C20H27F3N6O2/c1-3-24-19(25-10-14-6-4-5-7-16(14)31-13-20(21,22)23)26-15-8-9-18-27-17(12-30-2)28-29(18)11-15/h4-7,15H,3,8-13H2,1-2H3,(H2,24,25,26). The molecule has 0 saturated carbocycles. The van der Waals surface area contributed by atoms with Crippen molar-refractivity contribution in [3.63, 3.8) is 0 Å². The minimum absolute atomic E-state index is 0.0964. The van der Waals surface area contributed by atoms with Crippen LogP contribution in [-0.2, 0) is 30.9 Å². The molecule has 0 amide bonds. The molecular weight excluding hydrogens is 413 g/mol. The van der Waals surface area contributed by atoms with Gasteiger partial charge in [-0.2, -0.15) is 18.3 Å². The van der Waals surface area contributed by atoms with E-state index in [1.165, 1.54) is 6.07 Å². The van der Waals surface area contributed by atoms with Crippen molar-refractivity contribution in [3.05, 3.63) is 41.5 Å². The highest BCUT2D eigenvalue weighted by Gasteiger charge is 2.28. The Morgan fingerprint density at radius 2 is 2.13 bits per heavy atom. The number of hydrogen-bond donors (Lipinski definition) is 2. The summed E-state index contributed by atoms with van der Waals surface area (Å²) in [7, 11) is 1.61. The second kappa shape index (κ2) is 10.5. The summed E-state index contributed by atoms with van der Waals surface area (Å²) in [5.74, 6) is 2.35. The number of ether oxygens (including phenoxy) is 2. The van der Waals surface area contributed by atoms with Crippen molar-refractivity contribution in [3.8, 4) is 5.75 Å². The lowest BCUT2D eigenvalue weighted by molar-refractivity contribution is -0.153. The predicted molar refractivity (Wildman–Crippen MR) is 109 cm³/mol. The van der Waals surface area contributed by atoms with E-state index in [9.17, 15) is 13.2 Å². The SMILES string of the molecule is CCNC(=NCc1ccccc1OCC(F)(F)F)NC1CCc2nc(COC)nn2C1. The third-order valence-corrected chi connectivity index (χ3v) is 4.63. The van der Waals surface area contributed by atoms with Crippen LogP contribution in [0.4, 0.5) is 13.2 Å². The number of methoxy groups -OCH3 is 1. The Balaban J connectivity index is 1.64. The van der Waals surface area contributed by atoms with Gasteiger partial charge in [-0.1, -0.05) is 18.2 Å². The highest BCUT2D eigenvalue weighted by Crippen LogP contribution is 2.23. The van der Waals surface area contributed by atoms with Crippen LogP contribution in [0.2, 0.25) is 0 Å². The molecule has 0 aliphatic carbocycles. The Hall–Kier alpha value is -2.82. The Morgan fingerprint density at radius 3 is 2.87 bits per heavy atom. The number of halogens is 3. The average Bonchev–Trinajstić information content (AvgIpc) is 3.12. The van der Waals surface area contributed by atoms with Crippen molar-refractivity contribution in [1.82, 2.24) is 25.4 Å². The summed E-state index contributed by atoms with van der Waals surface area (Å²) in [5.41, 5.74) is 0.579. The first-order valence-corrected chi connectivity index (χ1v) is 10.1. The fourth-order valence-corrected chi connectivity index (χ4v) is 3.28. The van der Waals surface area contributed by atoms with Crippen LogP contribution in [0, 0.1) is 0 Å². The Morgan fingerprint density at radius 1 is 1.32 bits per heavy atom. The number of nitrogens with zero attached hydrogens (tertiary/aromatic N) is 4. The fraction of sp³-hybridized carbons (Fsp3) is 0.550. The van der Waals surface area contributed by atoms with Gasteiger partial charge in [0.2, 0.25) is 0 Å². The molecule has 31 heavy (non-hydrogen) atoms. The van der Waals surface area contributed by atoms with E-state index in [1.54, 1.807) is 25.3 Å². The number of nitrogens with one attached hydrogen (secondary N) is 2. The molecule has 0 saturated heterocycles. The van der Waals surface area contributed by atoms with Crippen molar-refractivity contribution < 1.29 is 22.6 Å². The van der Waals surface area contributed by atoms with E-state index in [0.717, 1.165) is 18.7 Å². The minimum atomic E-state index is -4.39. The Bertz CT molecular complexity index is 884. The number of rotatable bonds is 8. The van der Waals surface area contributed by atoms with Gasteiger partial charge in [0.15, 0.2) is 18.4 Å². The third-order valence-electron chi connectivity index (χ3n) is 4.63. The van der Waals surface area contributed by atoms with E-state index in [2.05, 4.69) is 25.7 Å². The second-order valence-corrected chi connectivity index (χ2v) is 7.15. The van der Waals surface area contributed by atoms with Gasteiger partial charge in [-0.05, 0) is 19.4 Å². The summed E-state index contributed by atoms with van der Waals surface area (Å²) in [6, 6.07) is 6.70. The number of fused-ring (bicyclic) bond motifs is 1. The van der Waals surface area contributed by atoms with E-state index in [4.69, 9.17) is 9.47 Å². The number of aromatic nitrogens is 3. The number of guanidine groups is 1. The largest absolute Gasteiger partial charge is 0.484 e. The maximum absolute atomic E-state index is 12.5. The molecular formula is C20H27F3N6O2. The first-order valence-electron chi connectivity index (χ1n) is 10.1. The van der Waals surface area contributed by atoms with Crippen LogP contribution < -0.4 is 15.4 Å². The van der Waals surface area contributed by atoms with Gasteiger partial charge in [0.05, 0.1) is 13.1 Å². The van der Waals surface area contributed by atoms with Crippen LogP contribution in [-0.4, -0.2) is 53.2 Å². The van der Waals surface area contributed by atoms with Gasteiger partial charge in [-0.3, -0.25) is 0 Å². The number of aliphatic imine (C=N–C) groups is 1. The molecule has 1 atom stereocenters. The number of hydrogen-bond acceptors (Lipinski definition) is 5. The monoisotopic (exact) mass is 440 g/mol. The number of para-hydroxylation sites is 1. The Kier molecular flexibility index (Phi) is 7.72. The highest BCUT2D eigenvalue weighted by atomic mass is 19.4. The molecule has 3 rings (SSSR count). The second-order valence-electron chi connectivity index (χ2n) is 7.15. The molecule has 8 nitrogen and oxygen atoms in total. The van der Waals surface area contributed by atoms with Crippen LogP contribution in [0.1, 0.15) is 30.6 Å². The van der Waals surface area contributed by atoms with Gasteiger partial charge >= 0.3 is 6.18 Å². The molecule has 0 fully saturated rings. The summed E-state index contributed by atoms with van der Waals surface area (Å²) < 4.78 is 49.4. The normalized spacial score (nSPS) is 16.7. The smallest absolute Gasteiger partial charge is 0.422 e. The quantitative estimate of drug-likeness (QED) is 0.485. The van der Waals surface area contributed by atoms with Gasteiger partial charge in [0.1, 0.15) is 18.2 Å². The maximum atomic E-state index is 12.5. The molecule has 11 heteroatoms. The molecule has 170 valence electrons. The summed E-state index contributed by atoms with van der Waals surface area (Å²) in [5, 5.41) is 11.0. The first-order chi connectivity index (χ1) is 14.9. The van der Waals surface area contributed by atoms with Crippen molar-refractivity contribution in [2.75, 3.05) is 20.3 Å². The molecule has 0 radical (unpaired) electrons. The van der Waals surface area contributed by atoms with Crippen LogP contribution in [0.25, 0.3) is 0 Å². The van der Waals surface area contributed by atoms with Crippen molar-refractivity contribution >= 4 is 5.96 Å². The maximum Gasteiger partial charge on any atom is 0.422 e. The summed E-state index contributed by atoms with van der Waals surface area (Å²) in [4.78, 5) is 9.01. The van der Waals surface area contributed by atoms with Gasteiger partial charge in [0, 0.05) is 31.7 Å². The number of benzene rings is 1. The van der Waals surface area contributed by atoms with Crippen LogP contribution >= 0.6 is 0 Å². The molecule has 1 aliphatic rings. The average molecular weight is 440 g/mol. The lowest BCUT2D eigenvalue weighted by atomic mass is 10.1. The predicted octanol–water partition coefficient (Wildman–Crippen LogP) is 2.44. The van der Waals surface area contributed by atoms with Gasteiger partial charge < -0.3 is 20.1 Å². The van der Waals surface area contributed by atoms with E-state index in [1.807, 2.05) is 11.6 Å². The molecule has 0 spiro atoms. The van der Waals surface area contributed by atoms with E-state index < -0.39 is 12.8 Å². The third kappa shape index (κ3) is 6.84. The molecule has 1 aliphatic heterocycles. The zero-order valence-electron chi connectivity index (χ0n) is 17.6. The van der Waals surface area contributed by atoms with Crippen LogP contribution in [0.15, 0.2) is 29.3 Å². The molecule has 1 unspecified atom stereocenters. The zero-order valence-corrected chi connectivity index (χ0v) is 17.6. The molecule has 2 heterocycles. The van der Waals surface area contributed by atoms with Crippen LogP contribution in [0.3, 0.4) is 0 Å². The number of alkyl halides is 3. The van der Waals surface area contributed by atoms with Crippen molar-refractivity contribution in [2.45, 2.75) is 51.7 Å². The fourth-order valence-electron chi connectivity index (χ4n) is 3.28. The summed E-state index contributed by atoms with van der Waals surface area (Å²) in [6.45, 7) is 2.46. The van der Waals surface area contributed by atoms with E-state index in [0.29, 0.717) is 37.0 Å². The van der Waals surface area contributed by atoms with Gasteiger partial charge in [-0.25, -0.2) is 14.7 Å². The van der Waals surface area contributed by atoms with Crippen molar-refractivity contribution in [2.24, 2.45) is 4.99 Å². The molecule has 1 aromatic carbocycles. The van der Waals surface area contributed by atoms with E-state index >= 15 is 0 Å². The Labute approximate surface area is 178 Å². The molecule has 0 bridgehead atoms. The first kappa shape index (κ1) is 22.9. The van der Waals surface area contributed by atoms with Crippen molar-refractivity contribution in [1.29, 1.82) is 0 Å². The molecule has 2 N–H and O–H groups in total. The zero-order chi connectivity index (χ0) is 22.3. The van der Waals surface area contributed by atoms with E-state index in [-0.39, 0.29) is 18.3 Å². The topological polar surface area (TPSA) is 85.6 Å². The number of aryl methyl sites for hydroxylation is 1.